The van der Waals surface area contributed by atoms with E-state index in [1.807, 2.05) is 11.6 Å². The second-order valence-corrected chi connectivity index (χ2v) is 3.67. The van der Waals surface area contributed by atoms with Crippen LogP contribution in [0.3, 0.4) is 0 Å². The van der Waals surface area contributed by atoms with Gasteiger partial charge in [0.15, 0.2) is 0 Å². The van der Waals surface area contributed by atoms with E-state index in [2.05, 4.69) is 24.2 Å². The highest BCUT2D eigenvalue weighted by atomic mass is 16.3. The molecule has 0 radical (unpaired) electrons. The number of aliphatic hydroxyl groups excluding tert-OH is 1. The Kier molecular flexibility index (Phi) is 3.42. The van der Waals surface area contributed by atoms with Crippen molar-refractivity contribution in [3.8, 4) is 0 Å². The molecule has 0 aliphatic heterocycles. The minimum atomic E-state index is 0.140. The molecule has 1 rings (SSSR count). The molecule has 0 spiro atoms. The minimum absolute atomic E-state index is 0.140. The monoisotopic (exact) mass is 183 g/mol. The zero-order chi connectivity index (χ0) is 9.84. The Morgan fingerprint density at radius 3 is 2.69 bits per heavy atom. The zero-order valence-electron chi connectivity index (χ0n) is 8.49. The van der Waals surface area contributed by atoms with Crippen LogP contribution >= 0.6 is 0 Å². The van der Waals surface area contributed by atoms with Crippen molar-refractivity contribution in [1.29, 1.82) is 0 Å². The molecule has 0 fully saturated rings. The van der Waals surface area contributed by atoms with Gasteiger partial charge in [-0.25, -0.2) is 4.68 Å². The van der Waals surface area contributed by atoms with Crippen LogP contribution < -0.4 is 0 Å². The fraction of sp³-hybridized carbons (Fsp3) is 0.778. The second kappa shape index (κ2) is 4.37. The van der Waals surface area contributed by atoms with Crippen molar-refractivity contribution >= 4 is 0 Å². The predicted octanol–water partition coefficient (Wildman–Crippen LogP) is 0.777. The first-order chi connectivity index (χ1) is 6.15. The molecule has 74 valence electrons. The topological polar surface area (TPSA) is 50.9 Å². The molecule has 0 saturated heterocycles. The van der Waals surface area contributed by atoms with E-state index < -0.39 is 0 Å². The quantitative estimate of drug-likeness (QED) is 0.750. The lowest BCUT2D eigenvalue weighted by molar-refractivity contribution is 0.298. The molecule has 0 unspecified atom stereocenters. The maximum Gasteiger partial charge on any atom is 0.0879 e. The van der Waals surface area contributed by atoms with Crippen LogP contribution in [-0.4, -0.2) is 26.7 Å². The van der Waals surface area contributed by atoms with Crippen LogP contribution in [-0.2, 0) is 13.0 Å². The Morgan fingerprint density at radius 2 is 2.15 bits per heavy atom. The van der Waals surface area contributed by atoms with E-state index in [0.717, 1.165) is 17.9 Å². The average Bonchev–Trinajstić information content (AvgIpc) is 2.36. The Labute approximate surface area is 78.6 Å². The molecule has 13 heavy (non-hydrogen) atoms. The summed E-state index contributed by atoms with van der Waals surface area (Å²) in [4.78, 5) is 0. The van der Waals surface area contributed by atoms with E-state index >= 15 is 0 Å². The van der Waals surface area contributed by atoms with E-state index in [4.69, 9.17) is 5.11 Å². The van der Waals surface area contributed by atoms with Gasteiger partial charge in [-0.15, -0.1) is 5.10 Å². The van der Waals surface area contributed by atoms with Crippen molar-refractivity contribution in [2.75, 3.05) is 6.61 Å². The van der Waals surface area contributed by atoms with Crippen molar-refractivity contribution in [3.05, 3.63) is 11.4 Å². The second-order valence-electron chi connectivity index (χ2n) is 3.67. The van der Waals surface area contributed by atoms with E-state index in [0.29, 0.717) is 12.3 Å². The van der Waals surface area contributed by atoms with Crippen LogP contribution in [0, 0.1) is 12.8 Å². The van der Waals surface area contributed by atoms with Crippen LogP contribution in [0.2, 0.25) is 0 Å². The molecule has 4 heteroatoms. The number of aromatic nitrogens is 3. The molecular weight excluding hydrogens is 166 g/mol. The van der Waals surface area contributed by atoms with E-state index in [9.17, 15) is 0 Å². The molecule has 4 nitrogen and oxygen atoms in total. The number of hydrogen-bond donors (Lipinski definition) is 1. The number of hydrogen-bond acceptors (Lipinski definition) is 3. The first-order valence-electron chi connectivity index (χ1n) is 4.65. The van der Waals surface area contributed by atoms with Gasteiger partial charge < -0.3 is 5.11 Å². The third-order valence-corrected chi connectivity index (χ3v) is 1.96. The van der Waals surface area contributed by atoms with Gasteiger partial charge in [0.05, 0.1) is 11.4 Å². The van der Waals surface area contributed by atoms with Crippen molar-refractivity contribution in [3.63, 3.8) is 0 Å². The Bertz CT molecular complexity index is 268. The van der Waals surface area contributed by atoms with Gasteiger partial charge >= 0.3 is 0 Å². The average molecular weight is 183 g/mol. The summed E-state index contributed by atoms with van der Waals surface area (Å²) in [5.74, 6) is 0.572. The Hall–Kier alpha value is -0.900. The van der Waals surface area contributed by atoms with Gasteiger partial charge in [0.25, 0.3) is 0 Å². The van der Waals surface area contributed by atoms with Gasteiger partial charge in [0.2, 0.25) is 0 Å². The molecule has 0 saturated carbocycles. The molecule has 0 atom stereocenters. The predicted molar refractivity (Wildman–Crippen MR) is 50.4 cm³/mol. The molecule has 0 amide bonds. The smallest absolute Gasteiger partial charge is 0.0879 e. The molecule has 0 bridgehead atoms. The van der Waals surface area contributed by atoms with Crippen molar-refractivity contribution in [1.82, 2.24) is 15.0 Å². The molecule has 1 N–H and O–H groups in total. The van der Waals surface area contributed by atoms with Crippen molar-refractivity contribution < 1.29 is 5.11 Å². The van der Waals surface area contributed by atoms with Crippen LogP contribution in [0.15, 0.2) is 0 Å². The standard InChI is InChI=1S/C9H17N3O/c1-7(2)6-12-8(3)9(4-5-13)10-11-12/h7,13H,4-6H2,1-3H3. The van der Waals surface area contributed by atoms with Gasteiger partial charge in [-0.3, -0.25) is 0 Å². The maximum absolute atomic E-state index is 8.76. The largest absolute Gasteiger partial charge is 0.396 e. The summed E-state index contributed by atoms with van der Waals surface area (Å²) in [6.07, 6.45) is 0.601. The molecular formula is C9H17N3O. The SMILES string of the molecule is Cc1c(CCO)nnn1CC(C)C. The van der Waals surface area contributed by atoms with E-state index in [-0.39, 0.29) is 6.61 Å². The van der Waals surface area contributed by atoms with Gasteiger partial charge in [0.1, 0.15) is 0 Å². The van der Waals surface area contributed by atoms with Gasteiger partial charge in [-0.2, -0.15) is 0 Å². The molecule has 0 aromatic carbocycles. The summed E-state index contributed by atoms with van der Waals surface area (Å²) in [6, 6.07) is 0. The van der Waals surface area contributed by atoms with Crippen LogP contribution in [0.25, 0.3) is 0 Å². The zero-order valence-corrected chi connectivity index (χ0v) is 8.49. The van der Waals surface area contributed by atoms with E-state index in [1.165, 1.54) is 0 Å². The third kappa shape index (κ3) is 2.52. The normalized spacial score (nSPS) is 11.2. The lowest BCUT2D eigenvalue weighted by atomic mass is 10.2. The summed E-state index contributed by atoms with van der Waals surface area (Å²) < 4.78 is 1.90. The number of nitrogens with zero attached hydrogens (tertiary/aromatic N) is 3. The minimum Gasteiger partial charge on any atom is -0.396 e. The highest BCUT2D eigenvalue weighted by Gasteiger charge is 2.08. The highest BCUT2D eigenvalue weighted by Crippen LogP contribution is 2.06. The van der Waals surface area contributed by atoms with Gasteiger partial charge in [0, 0.05) is 19.6 Å². The fourth-order valence-corrected chi connectivity index (χ4v) is 1.25. The van der Waals surface area contributed by atoms with Crippen LogP contribution in [0.4, 0.5) is 0 Å². The lowest BCUT2D eigenvalue weighted by Crippen LogP contribution is -2.08. The van der Waals surface area contributed by atoms with Crippen molar-refractivity contribution in [2.45, 2.75) is 33.7 Å². The van der Waals surface area contributed by atoms with Gasteiger partial charge in [-0.1, -0.05) is 19.1 Å². The molecule has 1 aromatic rings. The number of rotatable bonds is 4. The molecule has 0 aliphatic carbocycles. The molecule has 1 heterocycles. The molecule has 0 aliphatic rings. The first kappa shape index (κ1) is 10.2. The molecule has 1 aromatic heterocycles. The van der Waals surface area contributed by atoms with Crippen molar-refractivity contribution in [2.24, 2.45) is 5.92 Å². The first-order valence-corrected chi connectivity index (χ1v) is 4.65. The highest BCUT2D eigenvalue weighted by molar-refractivity contribution is 5.07. The van der Waals surface area contributed by atoms with Gasteiger partial charge in [-0.05, 0) is 12.8 Å². The van der Waals surface area contributed by atoms with Crippen LogP contribution in [0.5, 0.6) is 0 Å². The Balaban J connectivity index is 2.74. The third-order valence-electron chi connectivity index (χ3n) is 1.96. The Morgan fingerprint density at radius 1 is 1.46 bits per heavy atom. The number of aliphatic hydroxyl groups is 1. The van der Waals surface area contributed by atoms with E-state index in [1.54, 1.807) is 0 Å². The lowest BCUT2D eigenvalue weighted by Gasteiger charge is -2.05. The summed E-state index contributed by atoms with van der Waals surface area (Å²) in [6.45, 7) is 7.32. The summed E-state index contributed by atoms with van der Waals surface area (Å²) in [5.41, 5.74) is 1.98. The maximum atomic E-state index is 8.76. The summed E-state index contributed by atoms with van der Waals surface area (Å²) in [5, 5.41) is 16.8. The summed E-state index contributed by atoms with van der Waals surface area (Å²) >= 11 is 0. The summed E-state index contributed by atoms with van der Waals surface area (Å²) in [7, 11) is 0. The fourth-order valence-electron chi connectivity index (χ4n) is 1.25. The van der Waals surface area contributed by atoms with Crippen LogP contribution in [0.1, 0.15) is 25.2 Å².